The van der Waals surface area contributed by atoms with Crippen LogP contribution in [0.15, 0.2) is 47.4 Å². The molecule has 2 N–H and O–H groups in total. The van der Waals surface area contributed by atoms with E-state index in [0.717, 1.165) is 26.1 Å². The van der Waals surface area contributed by atoms with E-state index in [1.807, 2.05) is 6.92 Å². The summed E-state index contributed by atoms with van der Waals surface area (Å²) < 4.78 is 41.8. The zero-order valence-electron chi connectivity index (χ0n) is 23.1. The van der Waals surface area contributed by atoms with Crippen LogP contribution in [0.1, 0.15) is 87.9 Å². The Labute approximate surface area is 233 Å². The highest BCUT2D eigenvalue weighted by Crippen LogP contribution is 2.30. The van der Waals surface area contributed by atoms with Crippen molar-refractivity contribution < 1.29 is 37.6 Å². The lowest BCUT2D eigenvalue weighted by atomic mass is 10.1. The van der Waals surface area contributed by atoms with Crippen molar-refractivity contribution in [1.82, 2.24) is 0 Å². The Bertz CT molecular complexity index is 1070. The van der Waals surface area contributed by atoms with Crippen LogP contribution in [-0.4, -0.2) is 56.8 Å². The van der Waals surface area contributed by atoms with Gasteiger partial charge in [-0.2, -0.15) is 0 Å². The quantitative estimate of drug-likeness (QED) is 0.153. The van der Waals surface area contributed by atoms with Crippen molar-refractivity contribution in [3.63, 3.8) is 0 Å². The lowest BCUT2D eigenvalue weighted by Crippen LogP contribution is -2.11. The van der Waals surface area contributed by atoms with E-state index in [0.29, 0.717) is 12.4 Å². The molecule has 2 aromatic rings. The minimum Gasteiger partial charge on any atom is -0.504 e. The van der Waals surface area contributed by atoms with Crippen molar-refractivity contribution in [3.8, 4) is 17.2 Å². The number of carboxylic acid groups (broad SMARTS) is 1. The Balaban J connectivity index is 1.57. The molecule has 0 amide bonds. The summed E-state index contributed by atoms with van der Waals surface area (Å²) in [4.78, 5) is 11.3. The number of ether oxygens (including phenoxy) is 3. The SMILES string of the molecule is CCOCCCCCCCCCCCCOc1ccc(S(=O)(=O)CCCOc2cccc(C(=O)O)c2O)cc1. The van der Waals surface area contributed by atoms with Gasteiger partial charge in [0.05, 0.1) is 23.9 Å². The topological polar surface area (TPSA) is 119 Å². The van der Waals surface area contributed by atoms with Crippen LogP contribution < -0.4 is 9.47 Å². The average Bonchev–Trinajstić information content (AvgIpc) is 2.92. The normalized spacial score (nSPS) is 11.4. The summed E-state index contributed by atoms with van der Waals surface area (Å²) in [6.07, 6.45) is 12.4. The van der Waals surface area contributed by atoms with Gasteiger partial charge in [0, 0.05) is 13.2 Å². The molecule has 0 saturated heterocycles. The third-order valence-electron chi connectivity index (χ3n) is 6.38. The first-order valence-electron chi connectivity index (χ1n) is 14.1. The van der Waals surface area contributed by atoms with E-state index in [1.54, 1.807) is 24.3 Å². The second kappa shape index (κ2) is 18.5. The maximum atomic E-state index is 12.6. The fraction of sp³-hybridized carbons (Fsp3) is 0.567. The number of aromatic hydroxyl groups is 1. The molecule has 2 rings (SSSR count). The van der Waals surface area contributed by atoms with Crippen molar-refractivity contribution in [2.45, 2.75) is 82.4 Å². The number of aromatic carboxylic acids is 1. The third kappa shape index (κ3) is 12.7. The molecule has 0 spiro atoms. The molecule has 0 unspecified atom stereocenters. The monoisotopic (exact) mass is 564 g/mol. The first-order chi connectivity index (χ1) is 18.8. The van der Waals surface area contributed by atoms with E-state index < -0.39 is 21.6 Å². The molecule has 0 bridgehead atoms. The molecule has 0 aliphatic rings. The Hall–Kier alpha value is -2.78. The van der Waals surface area contributed by atoms with Gasteiger partial charge in [-0.25, -0.2) is 13.2 Å². The van der Waals surface area contributed by atoms with Gasteiger partial charge in [-0.15, -0.1) is 0 Å². The third-order valence-corrected chi connectivity index (χ3v) is 8.20. The molecule has 0 heterocycles. The molecule has 0 atom stereocenters. The lowest BCUT2D eigenvalue weighted by Gasteiger charge is -2.10. The van der Waals surface area contributed by atoms with Crippen molar-refractivity contribution in [1.29, 1.82) is 0 Å². The predicted molar refractivity (Wildman–Crippen MR) is 152 cm³/mol. The number of carbonyl (C=O) groups is 1. The number of para-hydroxylation sites is 1. The van der Waals surface area contributed by atoms with Crippen molar-refractivity contribution in [3.05, 3.63) is 48.0 Å². The number of benzene rings is 2. The molecule has 0 aliphatic carbocycles. The number of unbranched alkanes of at least 4 members (excludes halogenated alkanes) is 9. The average molecular weight is 565 g/mol. The standard InChI is InChI=1S/C30H44O8S/c1-2-36-21-11-9-7-5-3-4-6-8-10-12-22-37-25-17-19-26(20-18-25)39(34,35)24-14-23-38-28-16-13-15-27(29(28)31)30(32)33/h13,15-20,31H,2-12,14,21-24H2,1H3,(H,32,33). The van der Waals surface area contributed by atoms with Gasteiger partial charge in [-0.05, 0) is 62.6 Å². The molecule has 0 aliphatic heterocycles. The van der Waals surface area contributed by atoms with Crippen LogP contribution in [0, 0.1) is 0 Å². The van der Waals surface area contributed by atoms with Crippen LogP contribution in [0.4, 0.5) is 0 Å². The summed E-state index contributed by atoms with van der Waals surface area (Å²) in [7, 11) is -3.51. The number of carboxylic acids is 1. The second-order valence-corrected chi connectivity index (χ2v) is 11.6. The first-order valence-corrected chi connectivity index (χ1v) is 15.7. The van der Waals surface area contributed by atoms with Gasteiger partial charge in [0.15, 0.2) is 21.3 Å². The van der Waals surface area contributed by atoms with E-state index in [4.69, 9.17) is 19.3 Å². The van der Waals surface area contributed by atoms with Crippen LogP contribution in [0.25, 0.3) is 0 Å². The Kier molecular flexibility index (Phi) is 15.4. The van der Waals surface area contributed by atoms with Gasteiger partial charge in [0.2, 0.25) is 0 Å². The highest BCUT2D eigenvalue weighted by molar-refractivity contribution is 7.91. The van der Waals surface area contributed by atoms with Gasteiger partial charge in [-0.1, -0.05) is 57.4 Å². The fourth-order valence-corrected chi connectivity index (χ4v) is 5.44. The fourth-order valence-electron chi connectivity index (χ4n) is 4.16. The van der Waals surface area contributed by atoms with Gasteiger partial charge in [-0.3, -0.25) is 0 Å². The Morgan fingerprint density at radius 1 is 0.744 bits per heavy atom. The van der Waals surface area contributed by atoms with Crippen LogP contribution in [0.5, 0.6) is 17.2 Å². The number of rotatable bonds is 22. The Morgan fingerprint density at radius 2 is 1.31 bits per heavy atom. The summed E-state index contributed by atoms with van der Waals surface area (Å²) in [5, 5.41) is 19.0. The summed E-state index contributed by atoms with van der Waals surface area (Å²) in [6, 6.07) is 10.6. The molecule has 0 aromatic heterocycles. The maximum Gasteiger partial charge on any atom is 0.339 e. The number of phenols is 1. The molecule has 2 aromatic carbocycles. The molecule has 0 fully saturated rings. The molecule has 39 heavy (non-hydrogen) atoms. The number of hydrogen-bond acceptors (Lipinski definition) is 7. The van der Waals surface area contributed by atoms with E-state index >= 15 is 0 Å². The van der Waals surface area contributed by atoms with Gasteiger partial charge < -0.3 is 24.4 Å². The van der Waals surface area contributed by atoms with E-state index in [9.17, 15) is 18.3 Å². The van der Waals surface area contributed by atoms with Gasteiger partial charge in [0.1, 0.15) is 11.3 Å². The summed E-state index contributed by atoms with van der Waals surface area (Å²) in [5.74, 6) is -1.22. The van der Waals surface area contributed by atoms with Crippen LogP contribution >= 0.6 is 0 Å². The molecule has 0 radical (unpaired) electrons. The molecule has 8 nitrogen and oxygen atoms in total. The minimum atomic E-state index is -3.51. The van der Waals surface area contributed by atoms with Crippen LogP contribution in [-0.2, 0) is 14.6 Å². The highest BCUT2D eigenvalue weighted by Gasteiger charge is 2.16. The predicted octanol–water partition coefficient (Wildman–Crippen LogP) is 6.65. The summed E-state index contributed by atoms with van der Waals surface area (Å²) in [6.45, 7) is 4.36. The van der Waals surface area contributed by atoms with E-state index in [2.05, 4.69) is 0 Å². The van der Waals surface area contributed by atoms with Crippen LogP contribution in [0.2, 0.25) is 0 Å². The molecule has 9 heteroatoms. The smallest absolute Gasteiger partial charge is 0.339 e. The summed E-state index contributed by atoms with van der Waals surface area (Å²) >= 11 is 0. The molecule has 0 saturated carbocycles. The molecule has 218 valence electrons. The number of hydrogen-bond donors (Lipinski definition) is 2. The summed E-state index contributed by atoms with van der Waals surface area (Å²) in [5.41, 5.74) is -0.270. The van der Waals surface area contributed by atoms with Crippen molar-refractivity contribution >= 4 is 15.8 Å². The molecular formula is C30H44O8S. The lowest BCUT2D eigenvalue weighted by molar-refractivity contribution is 0.0692. The second-order valence-electron chi connectivity index (χ2n) is 9.53. The highest BCUT2D eigenvalue weighted by atomic mass is 32.2. The van der Waals surface area contributed by atoms with E-state index in [1.165, 1.54) is 69.6 Å². The minimum absolute atomic E-state index is 0.00791. The first kappa shape index (κ1) is 32.4. The van der Waals surface area contributed by atoms with Crippen molar-refractivity contribution in [2.24, 2.45) is 0 Å². The van der Waals surface area contributed by atoms with Gasteiger partial charge in [0.25, 0.3) is 0 Å². The zero-order chi connectivity index (χ0) is 28.3. The largest absolute Gasteiger partial charge is 0.504 e. The van der Waals surface area contributed by atoms with E-state index in [-0.39, 0.29) is 35.0 Å². The maximum absolute atomic E-state index is 12.6. The Morgan fingerprint density at radius 3 is 1.90 bits per heavy atom. The van der Waals surface area contributed by atoms with Crippen molar-refractivity contribution in [2.75, 3.05) is 32.2 Å². The van der Waals surface area contributed by atoms with Gasteiger partial charge >= 0.3 is 5.97 Å². The molecular weight excluding hydrogens is 520 g/mol. The van der Waals surface area contributed by atoms with Crippen LogP contribution in [0.3, 0.4) is 0 Å². The number of sulfone groups is 1. The zero-order valence-corrected chi connectivity index (χ0v) is 23.9.